The summed E-state index contributed by atoms with van der Waals surface area (Å²) in [6, 6.07) is 2.01. The number of rotatable bonds is 4. The molecular formula is C18H29N5O2. The highest BCUT2D eigenvalue weighted by atomic mass is 16.2. The molecule has 1 unspecified atom stereocenters. The maximum atomic E-state index is 12.4. The summed E-state index contributed by atoms with van der Waals surface area (Å²) in [4.78, 5) is 32.8. The Bertz CT molecular complexity index is 632. The Morgan fingerprint density at radius 1 is 1.40 bits per heavy atom. The Kier molecular flexibility index (Phi) is 6.36. The maximum Gasteiger partial charge on any atom is 0.313 e. The number of amides is 2. The van der Waals surface area contributed by atoms with Gasteiger partial charge in [0.2, 0.25) is 0 Å². The van der Waals surface area contributed by atoms with Gasteiger partial charge >= 0.3 is 11.8 Å². The summed E-state index contributed by atoms with van der Waals surface area (Å²) in [5, 5.41) is 2.64. The van der Waals surface area contributed by atoms with Crippen LogP contribution in [0.15, 0.2) is 12.3 Å². The number of hydrogen-bond acceptors (Lipinski definition) is 5. The maximum absolute atomic E-state index is 12.4. The molecule has 0 aromatic carbocycles. The summed E-state index contributed by atoms with van der Waals surface area (Å²) < 4.78 is 0. The molecule has 1 saturated heterocycles. The first-order valence-electron chi connectivity index (χ1n) is 8.90. The van der Waals surface area contributed by atoms with Gasteiger partial charge in [0.05, 0.1) is 11.9 Å². The van der Waals surface area contributed by atoms with Crippen LogP contribution in [0.2, 0.25) is 0 Å². The van der Waals surface area contributed by atoms with E-state index in [0.717, 1.165) is 18.7 Å². The number of nitrogens with zero attached hydrogens (tertiary/aromatic N) is 3. The van der Waals surface area contributed by atoms with Gasteiger partial charge in [-0.05, 0) is 30.9 Å². The Labute approximate surface area is 149 Å². The van der Waals surface area contributed by atoms with E-state index >= 15 is 0 Å². The molecule has 7 nitrogen and oxygen atoms in total. The summed E-state index contributed by atoms with van der Waals surface area (Å²) in [5.74, 6) is -0.0928. The van der Waals surface area contributed by atoms with Crippen molar-refractivity contribution in [1.29, 1.82) is 0 Å². The number of pyridine rings is 1. The SMILES string of the molecule is CCc1cc(NC(=O)C(=O)N2CCN(CC(C)C)C(C)C2)cnc1N. The van der Waals surface area contributed by atoms with Crippen LogP contribution in [0.4, 0.5) is 11.5 Å². The van der Waals surface area contributed by atoms with Gasteiger partial charge in [0.1, 0.15) is 5.82 Å². The van der Waals surface area contributed by atoms with Gasteiger partial charge in [-0.15, -0.1) is 0 Å². The van der Waals surface area contributed by atoms with E-state index in [0.29, 0.717) is 36.9 Å². The van der Waals surface area contributed by atoms with E-state index in [1.807, 2.05) is 6.92 Å². The predicted molar refractivity (Wildman–Crippen MR) is 99.1 cm³/mol. The fraction of sp³-hybridized carbons (Fsp3) is 0.611. The standard InChI is InChI=1S/C18H29N5O2/c1-5-14-8-15(9-20-16(14)19)21-17(24)18(25)23-7-6-22(10-12(2)3)13(4)11-23/h8-9,12-13H,5-7,10-11H2,1-4H3,(H2,19,20)(H,21,24). The minimum absolute atomic E-state index is 0.248. The highest BCUT2D eigenvalue weighted by molar-refractivity contribution is 6.39. The van der Waals surface area contributed by atoms with Crippen LogP contribution in [0.5, 0.6) is 0 Å². The van der Waals surface area contributed by atoms with Crippen LogP contribution in [0.25, 0.3) is 0 Å². The molecule has 1 aliphatic rings. The van der Waals surface area contributed by atoms with Gasteiger partial charge < -0.3 is 16.0 Å². The second kappa shape index (κ2) is 8.29. The lowest BCUT2D eigenvalue weighted by atomic mass is 10.1. The summed E-state index contributed by atoms with van der Waals surface area (Å²) in [6.45, 7) is 11.4. The normalized spacial score (nSPS) is 18.4. The van der Waals surface area contributed by atoms with Crippen molar-refractivity contribution in [3.8, 4) is 0 Å². The first-order valence-corrected chi connectivity index (χ1v) is 8.90. The van der Waals surface area contributed by atoms with Gasteiger partial charge in [-0.2, -0.15) is 0 Å². The van der Waals surface area contributed by atoms with E-state index in [4.69, 9.17) is 5.73 Å². The number of hydrogen-bond donors (Lipinski definition) is 2. The Hall–Kier alpha value is -2.15. The van der Waals surface area contributed by atoms with Crippen LogP contribution in [0.3, 0.4) is 0 Å². The molecule has 3 N–H and O–H groups in total. The van der Waals surface area contributed by atoms with E-state index in [9.17, 15) is 9.59 Å². The number of nitrogens with one attached hydrogen (secondary N) is 1. The monoisotopic (exact) mass is 347 g/mol. The number of anilines is 2. The van der Waals surface area contributed by atoms with Crippen LogP contribution in [-0.2, 0) is 16.0 Å². The molecule has 0 aliphatic carbocycles. The molecule has 7 heteroatoms. The van der Waals surface area contributed by atoms with Crippen LogP contribution in [0, 0.1) is 5.92 Å². The van der Waals surface area contributed by atoms with Gasteiger partial charge in [-0.1, -0.05) is 20.8 Å². The van der Waals surface area contributed by atoms with Crippen molar-refractivity contribution in [3.63, 3.8) is 0 Å². The summed E-state index contributed by atoms with van der Waals surface area (Å²) >= 11 is 0. The minimum Gasteiger partial charge on any atom is -0.383 e. The van der Waals surface area contributed by atoms with Crippen molar-refractivity contribution in [3.05, 3.63) is 17.8 Å². The van der Waals surface area contributed by atoms with E-state index in [1.54, 1.807) is 11.0 Å². The molecule has 25 heavy (non-hydrogen) atoms. The number of carbonyl (C=O) groups is 2. The molecular weight excluding hydrogens is 318 g/mol. The topological polar surface area (TPSA) is 91.6 Å². The number of aryl methyl sites for hydroxylation is 1. The third-order valence-electron chi connectivity index (χ3n) is 4.49. The number of nitrogens with two attached hydrogens (primary N) is 1. The van der Waals surface area contributed by atoms with E-state index < -0.39 is 11.8 Å². The van der Waals surface area contributed by atoms with Gasteiger partial charge in [-0.25, -0.2) is 4.98 Å². The molecule has 1 fully saturated rings. The Balaban J connectivity index is 1.95. The lowest BCUT2D eigenvalue weighted by Crippen LogP contribution is -2.56. The Morgan fingerprint density at radius 2 is 2.12 bits per heavy atom. The highest BCUT2D eigenvalue weighted by Gasteiger charge is 2.30. The lowest BCUT2D eigenvalue weighted by molar-refractivity contribution is -0.145. The largest absolute Gasteiger partial charge is 0.383 e. The van der Waals surface area contributed by atoms with Crippen LogP contribution < -0.4 is 11.1 Å². The average molecular weight is 347 g/mol. The molecule has 0 radical (unpaired) electrons. The average Bonchev–Trinajstić information content (AvgIpc) is 2.57. The van der Waals surface area contributed by atoms with E-state index in [1.165, 1.54) is 6.20 Å². The molecule has 1 aliphatic heterocycles. The molecule has 138 valence electrons. The van der Waals surface area contributed by atoms with Crippen molar-refractivity contribution in [1.82, 2.24) is 14.8 Å². The second-order valence-electron chi connectivity index (χ2n) is 7.07. The molecule has 2 amide bonds. The number of piperazine rings is 1. The third-order valence-corrected chi connectivity index (χ3v) is 4.49. The van der Waals surface area contributed by atoms with Crippen molar-refractivity contribution < 1.29 is 9.59 Å². The van der Waals surface area contributed by atoms with Gasteiger partial charge in [0.15, 0.2) is 0 Å². The summed E-state index contributed by atoms with van der Waals surface area (Å²) in [7, 11) is 0. The minimum atomic E-state index is -0.627. The van der Waals surface area contributed by atoms with Gasteiger partial charge in [0.25, 0.3) is 0 Å². The quantitative estimate of drug-likeness (QED) is 0.802. The third kappa shape index (κ3) is 4.92. The van der Waals surface area contributed by atoms with Crippen LogP contribution in [-0.4, -0.2) is 58.8 Å². The van der Waals surface area contributed by atoms with Gasteiger partial charge in [-0.3, -0.25) is 14.5 Å². The molecule has 1 aromatic rings. The Morgan fingerprint density at radius 3 is 2.72 bits per heavy atom. The molecule has 0 spiro atoms. The number of nitrogen functional groups attached to an aromatic ring is 1. The van der Waals surface area contributed by atoms with Crippen molar-refractivity contribution in [2.75, 3.05) is 37.2 Å². The van der Waals surface area contributed by atoms with Crippen LogP contribution in [0.1, 0.15) is 33.3 Å². The highest BCUT2D eigenvalue weighted by Crippen LogP contribution is 2.16. The van der Waals surface area contributed by atoms with Crippen molar-refractivity contribution >= 4 is 23.3 Å². The zero-order valence-electron chi connectivity index (χ0n) is 15.6. The number of aromatic nitrogens is 1. The van der Waals surface area contributed by atoms with Crippen molar-refractivity contribution in [2.45, 2.75) is 40.2 Å². The smallest absolute Gasteiger partial charge is 0.313 e. The first kappa shape index (κ1) is 19.2. The zero-order valence-corrected chi connectivity index (χ0v) is 15.6. The zero-order chi connectivity index (χ0) is 18.6. The van der Waals surface area contributed by atoms with E-state index in [2.05, 4.69) is 36.0 Å². The fourth-order valence-electron chi connectivity index (χ4n) is 3.12. The molecule has 2 rings (SSSR count). The predicted octanol–water partition coefficient (Wildman–Crippen LogP) is 1.35. The fourth-order valence-corrected chi connectivity index (χ4v) is 3.12. The van der Waals surface area contributed by atoms with Crippen molar-refractivity contribution in [2.24, 2.45) is 5.92 Å². The number of carbonyl (C=O) groups excluding carboxylic acids is 2. The summed E-state index contributed by atoms with van der Waals surface area (Å²) in [6.07, 6.45) is 2.19. The molecule has 1 atom stereocenters. The molecule has 0 bridgehead atoms. The molecule has 0 saturated carbocycles. The lowest BCUT2D eigenvalue weighted by Gasteiger charge is -2.40. The summed E-state index contributed by atoms with van der Waals surface area (Å²) in [5.41, 5.74) is 7.11. The second-order valence-corrected chi connectivity index (χ2v) is 7.07. The van der Waals surface area contributed by atoms with Crippen LogP contribution >= 0.6 is 0 Å². The van der Waals surface area contributed by atoms with E-state index in [-0.39, 0.29) is 6.04 Å². The van der Waals surface area contributed by atoms with Gasteiger partial charge in [0, 0.05) is 32.2 Å². The molecule has 2 heterocycles. The first-order chi connectivity index (χ1) is 11.8. The molecule has 1 aromatic heterocycles.